The fourth-order valence-electron chi connectivity index (χ4n) is 3.70. The van der Waals surface area contributed by atoms with Gasteiger partial charge in [0, 0.05) is 25.1 Å². The SMILES string of the molecule is O=C(Nc1cc(C(F)(F)F)ccc1N1CCOCC1)NC1CCOc2ccccc21. The molecular formula is C21H22F3N3O3. The number of urea groups is 1. The van der Waals surface area contributed by atoms with Crippen LogP contribution in [-0.4, -0.2) is 38.9 Å². The standard InChI is InChI=1S/C21H22F3N3O3/c22-21(23,24)14-5-6-18(27-8-11-29-12-9-27)17(13-14)26-20(28)25-16-7-10-30-19-4-2-1-3-15(16)19/h1-6,13,16H,7-12H2,(H2,25,26,28). The van der Waals surface area contributed by atoms with Crippen molar-refractivity contribution in [1.82, 2.24) is 5.32 Å². The van der Waals surface area contributed by atoms with Crippen molar-refractivity contribution in [3.63, 3.8) is 0 Å². The number of anilines is 2. The Bertz CT molecular complexity index is 914. The molecule has 1 saturated heterocycles. The van der Waals surface area contributed by atoms with E-state index in [2.05, 4.69) is 10.6 Å². The third kappa shape index (κ3) is 4.46. The number of nitrogens with one attached hydrogen (secondary N) is 2. The van der Waals surface area contributed by atoms with E-state index in [1.165, 1.54) is 6.07 Å². The van der Waals surface area contributed by atoms with Gasteiger partial charge >= 0.3 is 12.2 Å². The van der Waals surface area contributed by atoms with E-state index in [0.717, 1.165) is 17.7 Å². The largest absolute Gasteiger partial charge is 0.493 e. The lowest BCUT2D eigenvalue weighted by Gasteiger charge is -2.31. The average Bonchev–Trinajstić information content (AvgIpc) is 2.74. The number of morpholine rings is 1. The first-order valence-corrected chi connectivity index (χ1v) is 9.75. The average molecular weight is 421 g/mol. The highest BCUT2D eigenvalue weighted by atomic mass is 19.4. The van der Waals surface area contributed by atoms with Gasteiger partial charge in [-0.05, 0) is 24.3 Å². The number of fused-ring (bicyclic) bond motifs is 1. The first-order chi connectivity index (χ1) is 14.4. The molecule has 0 saturated carbocycles. The summed E-state index contributed by atoms with van der Waals surface area (Å²) < 4.78 is 50.6. The second-order valence-electron chi connectivity index (χ2n) is 7.16. The zero-order chi connectivity index (χ0) is 21.1. The number of benzene rings is 2. The van der Waals surface area contributed by atoms with Crippen LogP contribution >= 0.6 is 0 Å². The molecule has 1 atom stereocenters. The summed E-state index contributed by atoms with van der Waals surface area (Å²) in [6.45, 7) is 2.48. The molecule has 1 fully saturated rings. The summed E-state index contributed by atoms with van der Waals surface area (Å²) in [5.74, 6) is 0.696. The highest BCUT2D eigenvalue weighted by Gasteiger charge is 2.32. The van der Waals surface area contributed by atoms with Crippen molar-refractivity contribution < 1.29 is 27.4 Å². The molecule has 160 valence electrons. The summed E-state index contributed by atoms with van der Waals surface area (Å²) >= 11 is 0. The molecule has 2 aromatic rings. The molecule has 0 radical (unpaired) electrons. The van der Waals surface area contributed by atoms with E-state index >= 15 is 0 Å². The summed E-state index contributed by atoms with van der Waals surface area (Å²) in [6.07, 6.45) is -3.93. The molecule has 2 amide bonds. The topological polar surface area (TPSA) is 62.8 Å². The Morgan fingerprint density at radius 2 is 1.83 bits per heavy atom. The van der Waals surface area contributed by atoms with E-state index in [1.54, 1.807) is 0 Å². The predicted octanol–water partition coefficient (Wildman–Crippen LogP) is 4.19. The summed E-state index contributed by atoms with van der Waals surface area (Å²) in [5.41, 5.74) is 0.681. The molecule has 4 rings (SSSR count). The van der Waals surface area contributed by atoms with E-state index in [4.69, 9.17) is 9.47 Å². The molecular weight excluding hydrogens is 399 g/mol. The lowest BCUT2D eigenvalue weighted by Crippen LogP contribution is -2.38. The van der Waals surface area contributed by atoms with Crippen LogP contribution in [0.1, 0.15) is 23.6 Å². The fraction of sp³-hybridized carbons (Fsp3) is 0.381. The molecule has 1 unspecified atom stereocenters. The molecule has 0 spiro atoms. The van der Waals surface area contributed by atoms with E-state index in [9.17, 15) is 18.0 Å². The van der Waals surface area contributed by atoms with Crippen LogP contribution in [-0.2, 0) is 10.9 Å². The van der Waals surface area contributed by atoms with Crippen molar-refractivity contribution in [1.29, 1.82) is 0 Å². The van der Waals surface area contributed by atoms with Crippen LogP contribution in [0.2, 0.25) is 0 Å². The van der Waals surface area contributed by atoms with Gasteiger partial charge < -0.3 is 25.0 Å². The number of hydrogen-bond donors (Lipinski definition) is 2. The van der Waals surface area contributed by atoms with Crippen LogP contribution in [0.4, 0.5) is 29.3 Å². The van der Waals surface area contributed by atoms with Gasteiger partial charge in [-0.2, -0.15) is 13.2 Å². The lowest BCUT2D eigenvalue weighted by molar-refractivity contribution is -0.137. The van der Waals surface area contributed by atoms with Crippen LogP contribution in [0.3, 0.4) is 0 Å². The molecule has 2 aliphatic rings. The van der Waals surface area contributed by atoms with Gasteiger partial charge in [0.25, 0.3) is 0 Å². The maximum absolute atomic E-state index is 13.2. The number of rotatable bonds is 3. The Kier molecular flexibility index (Phi) is 5.72. The van der Waals surface area contributed by atoms with Gasteiger partial charge in [-0.1, -0.05) is 18.2 Å². The third-order valence-electron chi connectivity index (χ3n) is 5.19. The normalized spacial score (nSPS) is 18.9. The van der Waals surface area contributed by atoms with E-state index in [-0.39, 0.29) is 11.7 Å². The Morgan fingerprint density at radius 1 is 1.07 bits per heavy atom. The Hall–Kier alpha value is -2.94. The van der Waals surface area contributed by atoms with Crippen molar-refractivity contribution in [3.05, 3.63) is 53.6 Å². The van der Waals surface area contributed by atoms with E-state index in [1.807, 2.05) is 29.2 Å². The van der Waals surface area contributed by atoms with E-state index in [0.29, 0.717) is 50.8 Å². The lowest BCUT2D eigenvalue weighted by atomic mass is 10.0. The quantitative estimate of drug-likeness (QED) is 0.780. The molecule has 30 heavy (non-hydrogen) atoms. The molecule has 2 N–H and O–H groups in total. The smallest absolute Gasteiger partial charge is 0.416 e. The molecule has 0 aromatic heterocycles. The first kappa shape index (κ1) is 20.3. The van der Waals surface area contributed by atoms with Crippen molar-refractivity contribution in [3.8, 4) is 5.75 Å². The Morgan fingerprint density at radius 3 is 2.60 bits per heavy atom. The number of para-hydroxylation sites is 1. The minimum atomic E-state index is -4.50. The van der Waals surface area contributed by atoms with Crippen LogP contribution in [0.5, 0.6) is 5.75 Å². The number of halogens is 3. The van der Waals surface area contributed by atoms with Crippen molar-refractivity contribution in [2.75, 3.05) is 43.1 Å². The summed E-state index contributed by atoms with van der Waals surface area (Å²) in [5, 5.41) is 5.48. The molecule has 0 bridgehead atoms. The molecule has 2 aliphatic heterocycles. The van der Waals surface area contributed by atoms with Crippen LogP contribution < -0.4 is 20.3 Å². The monoisotopic (exact) mass is 421 g/mol. The van der Waals surface area contributed by atoms with Gasteiger partial charge in [0.15, 0.2) is 0 Å². The highest BCUT2D eigenvalue weighted by Crippen LogP contribution is 2.36. The summed E-state index contributed by atoms with van der Waals surface area (Å²) in [6, 6.07) is 9.94. The van der Waals surface area contributed by atoms with Gasteiger partial charge in [-0.3, -0.25) is 0 Å². The zero-order valence-corrected chi connectivity index (χ0v) is 16.2. The van der Waals surface area contributed by atoms with Gasteiger partial charge in [-0.15, -0.1) is 0 Å². The summed E-state index contributed by atoms with van der Waals surface area (Å²) in [7, 11) is 0. The zero-order valence-electron chi connectivity index (χ0n) is 16.2. The minimum absolute atomic E-state index is 0.115. The van der Waals surface area contributed by atoms with Gasteiger partial charge in [0.2, 0.25) is 0 Å². The predicted molar refractivity (Wildman–Crippen MR) is 106 cm³/mol. The number of ether oxygens (including phenoxy) is 2. The number of alkyl halides is 3. The third-order valence-corrected chi connectivity index (χ3v) is 5.19. The Labute approximate surface area is 172 Å². The molecule has 6 nitrogen and oxygen atoms in total. The Balaban J connectivity index is 1.56. The molecule has 2 aromatic carbocycles. The maximum Gasteiger partial charge on any atom is 0.416 e. The van der Waals surface area contributed by atoms with Crippen LogP contribution in [0, 0.1) is 0 Å². The van der Waals surface area contributed by atoms with Crippen molar-refractivity contribution in [2.24, 2.45) is 0 Å². The second-order valence-corrected chi connectivity index (χ2v) is 7.16. The first-order valence-electron chi connectivity index (χ1n) is 9.75. The number of carbonyl (C=O) groups is 1. The summed E-state index contributed by atoms with van der Waals surface area (Å²) in [4.78, 5) is 14.6. The number of carbonyl (C=O) groups excluding carboxylic acids is 1. The van der Waals surface area contributed by atoms with E-state index < -0.39 is 17.8 Å². The maximum atomic E-state index is 13.2. The van der Waals surface area contributed by atoms with Crippen molar-refractivity contribution in [2.45, 2.75) is 18.6 Å². The van der Waals surface area contributed by atoms with Gasteiger partial charge in [0.05, 0.1) is 42.8 Å². The van der Waals surface area contributed by atoms with Gasteiger partial charge in [0.1, 0.15) is 5.75 Å². The minimum Gasteiger partial charge on any atom is -0.493 e. The molecule has 2 heterocycles. The van der Waals surface area contributed by atoms with Crippen molar-refractivity contribution >= 4 is 17.4 Å². The number of amides is 2. The fourth-order valence-corrected chi connectivity index (χ4v) is 3.70. The number of hydrogen-bond acceptors (Lipinski definition) is 4. The van der Waals surface area contributed by atoms with Crippen LogP contribution in [0.25, 0.3) is 0 Å². The molecule has 9 heteroatoms. The molecule has 0 aliphatic carbocycles. The van der Waals surface area contributed by atoms with Crippen LogP contribution in [0.15, 0.2) is 42.5 Å². The van der Waals surface area contributed by atoms with Gasteiger partial charge in [-0.25, -0.2) is 4.79 Å². The number of nitrogens with zero attached hydrogens (tertiary/aromatic N) is 1. The highest BCUT2D eigenvalue weighted by molar-refractivity contribution is 5.93. The second kappa shape index (κ2) is 8.43.